The van der Waals surface area contributed by atoms with E-state index in [4.69, 9.17) is 17.8 Å². The maximum atomic E-state index is 13.8. The van der Waals surface area contributed by atoms with Gasteiger partial charge < -0.3 is 4.74 Å². The largest absolute Gasteiger partial charge is 0.419 e. The van der Waals surface area contributed by atoms with Crippen LogP contribution in [0.3, 0.4) is 0 Å². The van der Waals surface area contributed by atoms with E-state index in [1.165, 1.54) is 25.1 Å². The van der Waals surface area contributed by atoms with Crippen molar-refractivity contribution in [3.05, 3.63) is 44.9 Å². The molecule has 1 aliphatic carbocycles. The average molecular weight is 472 g/mol. The Morgan fingerprint density at radius 2 is 1.84 bits per heavy atom. The maximum Gasteiger partial charge on any atom is 0.419 e. The minimum Gasteiger partial charge on any atom is -0.358 e. The number of nitriles is 1. The molecule has 1 unspecified atom stereocenters. The van der Waals surface area contributed by atoms with Gasteiger partial charge in [0.15, 0.2) is 6.10 Å². The highest BCUT2D eigenvalue weighted by atomic mass is 32.1. The van der Waals surface area contributed by atoms with E-state index in [1.54, 1.807) is 0 Å². The van der Waals surface area contributed by atoms with Gasteiger partial charge in [-0.1, -0.05) is 17.6 Å². The van der Waals surface area contributed by atoms with Gasteiger partial charge in [-0.2, -0.15) is 31.6 Å². The summed E-state index contributed by atoms with van der Waals surface area (Å²) in [5.74, 6) is -1.66. The molecule has 1 saturated carbocycles. The summed E-state index contributed by atoms with van der Waals surface area (Å²) in [7, 11) is 5.70. The fourth-order valence-corrected chi connectivity index (χ4v) is 5.13. The Bertz CT molecular complexity index is 990. The van der Waals surface area contributed by atoms with Crippen LogP contribution in [0.1, 0.15) is 64.4 Å². The molecule has 0 N–H and O–H groups in total. The summed E-state index contributed by atoms with van der Waals surface area (Å²) in [5, 5.41) is 9.32. The monoisotopic (exact) mass is 472 g/mol. The molecular weight excluding hydrogens is 453 g/mol. The molecule has 11 heteroatoms. The van der Waals surface area contributed by atoms with Crippen molar-refractivity contribution in [3.63, 3.8) is 0 Å². The molecular formula is C21H19BF6N2OS. The molecule has 1 fully saturated rings. The predicted octanol–water partition coefficient (Wildman–Crippen LogP) is 5.77. The first kappa shape index (κ1) is 24.6. The van der Waals surface area contributed by atoms with E-state index in [1.807, 2.05) is 6.07 Å². The van der Waals surface area contributed by atoms with Gasteiger partial charge in [0.25, 0.3) is 0 Å². The van der Waals surface area contributed by atoms with E-state index < -0.39 is 24.4 Å². The first-order valence-corrected chi connectivity index (χ1v) is 10.7. The number of aromatic nitrogens is 1. The molecule has 0 amide bonds. The van der Waals surface area contributed by atoms with Crippen LogP contribution >= 0.6 is 11.3 Å². The summed E-state index contributed by atoms with van der Waals surface area (Å²) >= 11 is 0.849. The Hall–Kier alpha value is -2.06. The van der Waals surface area contributed by atoms with Gasteiger partial charge in [-0.25, -0.2) is 4.98 Å². The molecule has 0 aliphatic heterocycles. The highest BCUT2D eigenvalue weighted by Gasteiger charge is 2.45. The number of nitrogens with zero attached hydrogens (tertiary/aromatic N) is 2. The highest BCUT2D eigenvalue weighted by Crippen LogP contribution is 2.46. The third-order valence-corrected chi connectivity index (χ3v) is 6.94. The molecule has 0 bridgehead atoms. The van der Waals surface area contributed by atoms with Crippen molar-refractivity contribution in [3.8, 4) is 6.07 Å². The van der Waals surface area contributed by atoms with Crippen LogP contribution in [-0.4, -0.2) is 25.2 Å². The molecule has 170 valence electrons. The van der Waals surface area contributed by atoms with Crippen molar-refractivity contribution in [1.82, 2.24) is 4.98 Å². The number of thiazole rings is 1. The number of rotatable bonds is 5. The molecule has 2 aromatic rings. The molecule has 1 aromatic carbocycles. The minimum absolute atomic E-state index is 0.0541. The third-order valence-electron chi connectivity index (χ3n) is 5.58. The van der Waals surface area contributed by atoms with E-state index in [9.17, 15) is 26.3 Å². The van der Waals surface area contributed by atoms with Crippen molar-refractivity contribution in [2.75, 3.05) is 0 Å². The fourth-order valence-electron chi connectivity index (χ4n) is 3.82. The zero-order chi connectivity index (χ0) is 23.7. The Labute approximate surface area is 186 Å². The Balaban J connectivity index is 1.75. The first-order valence-electron chi connectivity index (χ1n) is 9.91. The van der Waals surface area contributed by atoms with E-state index in [-0.39, 0.29) is 59.8 Å². The van der Waals surface area contributed by atoms with Gasteiger partial charge in [-0.15, -0.1) is 11.3 Å². The molecule has 3 nitrogen and oxygen atoms in total. The second-order valence-electron chi connectivity index (χ2n) is 7.86. The zero-order valence-electron chi connectivity index (χ0n) is 17.1. The number of hydrogen-bond donors (Lipinski definition) is 0. The fraction of sp³-hybridized carbons (Fsp3) is 0.524. The van der Waals surface area contributed by atoms with Crippen molar-refractivity contribution in [1.29, 1.82) is 5.26 Å². The van der Waals surface area contributed by atoms with Gasteiger partial charge in [0.05, 0.1) is 34.2 Å². The van der Waals surface area contributed by atoms with Crippen LogP contribution < -0.4 is 5.46 Å². The zero-order valence-corrected chi connectivity index (χ0v) is 17.9. The Kier molecular flexibility index (Phi) is 7.25. The number of ether oxygens (including phenoxy) is 1. The standard InChI is InChI=1S/C21H19BF6N2OS/c1-11-17(32-19(30-11)13-4-6-15(7-5-13)20(23,24)25)18(21(26,27)28)31-10-12-2-3-14(9-29)16(22)8-12/h2-3,8,13,15,18H,4-7,10H2,1H3. The average Bonchev–Trinajstić information content (AvgIpc) is 3.08. The second kappa shape index (κ2) is 9.44. The first-order chi connectivity index (χ1) is 14.9. The molecule has 2 radical (unpaired) electrons. The van der Waals surface area contributed by atoms with Crippen LogP contribution in [0.25, 0.3) is 0 Å². The SMILES string of the molecule is [B]c1cc(COC(c2sc(C3CCC(C(F)(F)F)CC3)nc2C)C(F)(F)F)ccc1C#N. The van der Waals surface area contributed by atoms with Crippen molar-refractivity contribution in [2.45, 2.75) is 63.6 Å². The summed E-state index contributed by atoms with van der Waals surface area (Å²) in [5.41, 5.74) is 0.889. The van der Waals surface area contributed by atoms with Crippen LogP contribution in [0.5, 0.6) is 0 Å². The number of aryl methyl sites for hydroxylation is 1. The molecule has 1 aliphatic rings. The van der Waals surface area contributed by atoms with Gasteiger partial charge in [0, 0.05) is 11.5 Å². The van der Waals surface area contributed by atoms with Crippen molar-refractivity contribution in [2.24, 2.45) is 5.92 Å². The van der Waals surface area contributed by atoms with E-state index in [0.717, 1.165) is 11.3 Å². The summed E-state index contributed by atoms with van der Waals surface area (Å²) in [6, 6.07) is 6.13. The maximum absolute atomic E-state index is 13.8. The lowest BCUT2D eigenvalue weighted by atomic mass is 9.82. The van der Waals surface area contributed by atoms with Gasteiger partial charge >= 0.3 is 12.4 Å². The quantitative estimate of drug-likeness (QED) is 0.410. The Morgan fingerprint density at radius 1 is 1.19 bits per heavy atom. The van der Waals surface area contributed by atoms with E-state index >= 15 is 0 Å². The van der Waals surface area contributed by atoms with Gasteiger partial charge in [0.2, 0.25) is 0 Å². The predicted molar refractivity (Wildman–Crippen MR) is 108 cm³/mol. The number of hydrogen-bond acceptors (Lipinski definition) is 4. The lowest BCUT2D eigenvalue weighted by molar-refractivity contribution is -0.226. The van der Waals surface area contributed by atoms with Crippen molar-refractivity contribution >= 4 is 24.6 Å². The molecule has 1 atom stereocenters. The van der Waals surface area contributed by atoms with Crippen LogP contribution in [0.2, 0.25) is 0 Å². The molecule has 3 rings (SSSR count). The minimum atomic E-state index is -4.71. The number of halogens is 6. The summed E-state index contributed by atoms with van der Waals surface area (Å²) in [6.07, 6.45) is -10.8. The lowest BCUT2D eigenvalue weighted by Gasteiger charge is -2.28. The molecule has 32 heavy (non-hydrogen) atoms. The summed E-state index contributed by atoms with van der Waals surface area (Å²) < 4.78 is 85.2. The van der Waals surface area contributed by atoms with E-state index in [0.29, 0.717) is 10.6 Å². The topological polar surface area (TPSA) is 45.9 Å². The molecule has 0 saturated heterocycles. The van der Waals surface area contributed by atoms with Crippen molar-refractivity contribution < 1.29 is 31.1 Å². The third kappa shape index (κ3) is 5.65. The second-order valence-corrected chi connectivity index (χ2v) is 8.92. The van der Waals surface area contributed by atoms with Gasteiger partial charge in [-0.3, -0.25) is 0 Å². The van der Waals surface area contributed by atoms with Crippen LogP contribution in [-0.2, 0) is 11.3 Å². The Morgan fingerprint density at radius 3 is 2.38 bits per heavy atom. The summed E-state index contributed by atoms with van der Waals surface area (Å²) in [4.78, 5) is 4.14. The van der Waals surface area contributed by atoms with Crippen LogP contribution in [0.15, 0.2) is 18.2 Å². The van der Waals surface area contributed by atoms with Crippen LogP contribution in [0.4, 0.5) is 26.3 Å². The lowest BCUT2D eigenvalue weighted by Crippen LogP contribution is -2.27. The smallest absolute Gasteiger partial charge is 0.358 e. The normalized spacial score (nSPS) is 20.7. The van der Waals surface area contributed by atoms with Gasteiger partial charge in [-0.05, 0) is 44.2 Å². The molecule has 1 aromatic heterocycles. The van der Waals surface area contributed by atoms with Gasteiger partial charge in [0.1, 0.15) is 7.85 Å². The van der Waals surface area contributed by atoms with E-state index in [2.05, 4.69) is 4.98 Å². The molecule has 1 heterocycles. The number of benzene rings is 1. The summed E-state index contributed by atoms with van der Waals surface area (Å²) in [6.45, 7) is 1.06. The number of alkyl halides is 6. The highest BCUT2D eigenvalue weighted by molar-refractivity contribution is 7.11. The van der Waals surface area contributed by atoms with Crippen LogP contribution in [0, 0.1) is 24.2 Å². The molecule has 0 spiro atoms.